The van der Waals surface area contributed by atoms with Crippen LogP contribution in [0, 0.1) is 0 Å². The van der Waals surface area contributed by atoms with E-state index in [1.165, 1.54) is 0 Å². The van der Waals surface area contributed by atoms with Gasteiger partial charge in [-0.05, 0) is 13.3 Å². The molecule has 1 unspecified atom stereocenters. The smallest absolute Gasteiger partial charge is 0.307 e. The second kappa shape index (κ2) is 6.71. The van der Waals surface area contributed by atoms with E-state index in [2.05, 4.69) is 17.2 Å². The van der Waals surface area contributed by atoms with E-state index >= 15 is 0 Å². The fourth-order valence-electron chi connectivity index (χ4n) is 1.23. The Morgan fingerprint density at radius 3 is 3.07 bits per heavy atom. The van der Waals surface area contributed by atoms with Crippen molar-refractivity contribution in [1.82, 2.24) is 5.32 Å². The summed E-state index contributed by atoms with van der Waals surface area (Å²) < 4.78 is 4.81. The van der Waals surface area contributed by atoms with Gasteiger partial charge in [-0.1, -0.05) is 18.7 Å². The third-order valence-corrected chi connectivity index (χ3v) is 3.21. The number of carbonyl (C=O) groups excluding carboxylic acids is 1. The summed E-state index contributed by atoms with van der Waals surface area (Å²) in [6.07, 6.45) is 1.49. The molecule has 86 valence electrons. The van der Waals surface area contributed by atoms with Crippen LogP contribution in [-0.2, 0) is 9.53 Å². The summed E-state index contributed by atoms with van der Waals surface area (Å²) in [5, 5.41) is 4.27. The summed E-state index contributed by atoms with van der Waals surface area (Å²) >= 11 is 1.73. The van der Waals surface area contributed by atoms with Gasteiger partial charge in [-0.2, -0.15) is 0 Å². The zero-order valence-corrected chi connectivity index (χ0v) is 10.1. The lowest BCUT2D eigenvalue weighted by Crippen LogP contribution is -2.26. The van der Waals surface area contributed by atoms with Gasteiger partial charge in [0.05, 0.1) is 19.6 Å². The first-order valence-corrected chi connectivity index (χ1v) is 6.34. The largest absolute Gasteiger partial charge is 0.466 e. The van der Waals surface area contributed by atoms with Crippen molar-refractivity contribution in [3.8, 4) is 0 Å². The predicted octanol–water partition coefficient (Wildman–Crippen LogP) is 1.41. The topological polar surface area (TPSA) is 50.7 Å². The van der Waals surface area contributed by atoms with Crippen LogP contribution in [0.3, 0.4) is 0 Å². The Kier molecular flexibility index (Phi) is 5.53. The molecule has 4 nitrogen and oxygen atoms in total. The molecule has 1 aliphatic rings. The van der Waals surface area contributed by atoms with Crippen LogP contribution in [-0.4, -0.2) is 36.1 Å². The highest BCUT2D eigenvalue weighted by atomic mass is 32.2. The number of amidine groups is 1. The normalized spacial score (nSPS) is 22.8. The minimum atomic E-state index is -0.170. The number of hydrogen-bond donors (Lipinski definition) is 1. The molecule has 5 heteroatoms. The molecule has 0 saturated carbocycles. The minimum Gasteiger partial charge on any atom is -0.466 e. The average molecular weight is 230 g/mol. The van der Waals surface area contributed by atoms with Crippen molar-refractivity contribution >= 4 is 22.9 Å². The Labute approximate surface area is 94.9 Å². The molecule has 0 aromatic rings. The van der Waals surface area contributed by atoms with Crippen molar-refractivity contribution in [2.75, 3.05) is 18.9 Å². The number of thioether (sulfide) groups is 1. The van der Waals surface area contributed by atoms with E-state index in [-0.39, 0.29) is 5.97 Å². The van der Waals surface area contributed by atoms with Crippen LogP contribution in [0.4, 0.5) is 0 Å². The van der Waals surface area contributed by atoms with Crippen molar-refractivity contribution in [1.29, 1.82) is 0 Å². The van der Waals surface area contributed by atoms with Crippen LogP contribution < -0.4 is 5.32 Å². The monoisotopic (exact) mass is 230 g/mol. The molecule has 0 aliphatic carbocycles. The van der Waals surface area contributed by atoms with E-state index in [1.807, 2.05) is 6.92 Å². The molecule has 1 saturated heterocycles. The van der Waals surface area contributed by atoms with E-state index in [4.69, 9.17) is 4.74 Å². The van der Waals surface area contributed by atoms with Crippen LogP contribution in [0.15, 0.2) is 4.99 Å². The lowest BCUT2D eigenvalue weighted by molar-refractivity contribution is -0.142. The van der Waals surface area contributed by atoms with Crippen molar-refractivity contribution in [2.45, 2.75) is 32.7 Å². The number of hydrogen-bond acceptors (Lipinski definition) is 4. The molecule has 1 aliphatic heterocycles. The van der Waals surface area contributed by atoms with Gasteiger partial charge < -0.3 is 10.1 Å². The highest BCUT2D eigenvalue weighted by Crippen LogP contribution is 2.15. The molecule has 1 heterocycles. The highest BCUT2D eigenvalue weighted by Gasteiger charge is 2.17. The van der Waals surface area contributed by atoms with Gasteiger partial charge in [0, 0.05) is 11.8 Å². The second-order valence-electron chi connectivity index (χ2n) is 3.30. The average Bonchev–Trinajstić information content (AvgIpc) is 2.66. The van der Waals surface area contributed by atoms with E-state index in [9.17, 15) is 4.79 Å². The van der Waals surface area contributed by atoms with Gasteiger partial charge in [0.1, 0.15) is 0 Å². The summed E-state index contributed by atoms with van der Waals surface area (Å²) in [6.45, 7) is 4.93. The Morgan fingerprint density at radius 1 is 1.67 bits per heavy atom. The Morgan fingerprint density at radius 2 is 2.47 bits per heavy atom. The lowest BCUT2D eigenvalue weighted by Gasteiger charge is -2.04. The second-order valence-corrected chi connectivity index (χ2v) is 4.31. The molecule has 0 radical (unpaired) electrons. The fourth-order valence-corrected chi connectivity index (χ4v) is 2.34. The molecule has 0 aromatic carbocycles. The molecule has 0 amide bonds. The van der Waals surface area contributed by atoms with Gasteiger partial charge >= 0.3 is 5.97 Å². The number of aliphatic imine (C=N–C) groups is 1. The highest BCUT2D eigenvalue weighted by molar-refractivity contribution is 8.14. The number of esters is 1. The molecule has 0 aromatic heterocycles. The van der Waals surface area contributed by atoms with Crippen LogP contribution in [0.25, 0.3) is 0 Å². The first-order chi connectivity index (χ1) is 7.26. The first-order valence-electron chi connectivity index (χ1n) is 5.35. The van der Waals surface area contributed by atoms with Crippen molar-refractivity contribution < 1.29 is 9.53 Å². The van der Waals surface area contributed by atoms with E-state index < -0.39 is 0 Å². The van der Waals surface area contributed by atoms with Crippen molar-refractivity contribution in [3.05, 3.63) is 0 Å². The molecule has 1 rings (SSSR count). The van der Waals surface area contributed by atoms with Gasteiger partial charge in [-0.25, -0.2) is 0 Å². The van der Waals surface area contributed by atoms with Crippen LogP contribution in [0.5, 0.6) is 0 Å². The quantitative estimate of drug-likeness (QED) is 0.726. The first kappa shape index (κ1) is 12.4. The van der Waals surface area contributed by atoms with Gasteiger partial charge in [0.2, 0.25) is 0 Å². The lowest BCUT2D eigenvalue weighted by atomic mass is 10.3. The molecule has 1 N–H and O–H groups in total. The van der Waals surface area contributed by atoms with E-state index in [1.54, 1.807) is 11.8 Å². The zero-order valence-electron chi connectivity index (χ0n) is 9.28. The standard InChI is InChI=1S/C10H18N2O2S/c1-3-8-7-15-10(12-8)11-6-5-9(13)14-4-2/h8H,3-7H2,1-2H3,(H,11,12). The molecule has 15 heavy (non-hydrogen) atoms. The van der Waals surface area contributed by atoms with E-state index in [0.717, 1.165) is 17.3 Å². The molecule has 0 spiro atoms. The van der Waals surface area contributed by atoms with Crippen molar-refractivity contribution in [3.63, 3.8) is 0 Å². The Hall–Kier alpha value is -0.710. The Bertz CT molecular complexity index is 244. The number of nitrogens with zero attached hydrogens (tertiary/aromatic N) is 1. The van der Waals surface area contributed by atoms with Crippen LogP contribution in [0.2, 0.25) is 0 Å². The van der Waals surface area contributed by atoms with Crippen LogP contribution >= 0.6 is 11.8 Å². The van der Waals surface area contributed by atoms with Gasteiger partial charge in [0.25, 0.3) is 0 Å². The maximum atomic E-state index is 11.0. The number of nitrogens with one attached hydrogen (secondary N) is 1. The number of carbonyl (C=O) groups is 1. The van der Waals surface area contributed by atoms with Crippen LogP contribution in [0.1, 0.15) is 26.7 Å². The zero-order chi connectivity index (χ0) is 11.1. The summed E-state index contributed by atoms with van der Waals surface area (Å²) in [5.41, 5.74) is 0. The molecular weight excluding hydrogens is 212 g/mol. The fraction of sp³-hybridized carbons (Fsp3) is 0.800. The maximum absolute atomic E-state index is 11.0. The number of rotatable bonds is 5. The van der Waals surface area contributed by atoms with Gasteiger partial charge in [-0.3, -0.25) is 9.79 Å². The Balaban J connectivity index is 2.19. The predicted molar refractivity (Wildman–Crippen MR) is 63.2 cm³/mol. The molecule has 1 atom stereocenters. The van der Waals surface area contributed by atoms with Gasteiger partial charge in [-0.15, -0.1) is 0 Å². The third kappa shape index (κ3) is 4.55. The minimum absolute atomic E-state index is 0.170. The van der Waals surface area contributed by atoms with E-state index in [0.29, 0.717) is 25.6 Å². The molecule has 0 bridgehead atoms. The SMILES string of the molecule is CCOC(=O)CCN=C1NC(CC)CS1. The molecule has 1 fully saturated rings. The number of ether oxygens (including phenoxy) is 1. The van der Waals surface area contributed by atoms with Crippen molar-refractivity contribution in [2.24, 2.45) is 4.99 Å². The summed E-state index contributed by atoms with van der Waals surface area (Å²) in [5.74, 6) is 0.909. The summed E-state index contributed by atoms with van der Waals surface area (Å²) in [6, 6.07) is 0.538. The molecular formula is C10H18N2O2S. The van der Waals surface area contributed by atoms with Gasteiger partial charge in [0.15, 0.2) is 5.17 Å². The summed E-state index contributed by atoms with van der Waals surface area (Å²) in [4.78, 5) is 15.3. The maximum Gasteiger partial charge on any atom is 0.307 e. The third-order valence-electron chi connectivity index (χ3n) is 2.12. The summed E-state index contributed by atoms with van der Waals surface area (Å²) in [7, 11) is 0.